The van der Waals surface area contributed by atoms with Gasteiger partial charge >= 0.3 is 0 Å². The number of aromatic nitrogens is 1. The highest BCUT2D eigenvalue weighted by atomic mass is 32.2. The maximum absolute atomic E-state index is 12.1. The first kappa shape index (κ1) is 16.0. The van der Waals surface area contributed by atoms with Crippen molar-refractivity contribution in [2.45, 2.75) is 6.92 Å². The van der Waals surface area contributed by atoms with Crippen LogP contribution in [0.4, 0.5) is 11.5 Å². The summed E-state index contributed by atoms with van der Waals surface area (Å²) in [4.78, 5) is 16.1. The number of rotatable bonds is 5. The van der Waals surface area contributed by atoms with Crippen molar-refractivity contribution in [2.24, 2.45) is 0 Å². The number of carbonyl (C=O) groups is 1. The van der Waals surface area contributed by atoms with E-state index in [2.05, 4.69) is 10.3 Å². The molecule has 0 aliphatic heterocycles. The normalized spacial score (nSPS) is 11.0. The largest absolute Gasteiger partial charge is 0.309 e. The van der Waals surface area contributed by atoms with Crippen molar-refractivity contribution in [1.29, 1.82) is 0 Å². The lowest BCUT2D eigenvalue weighted by Crippen LogP contribution is -2.37. The molecule has 0 bridgehead atoms. The van der Waals surface area contributed by atoms with E-state index < -0.39 is 15.9 Å². The minimum absolute atomic E-state index is 0.305. The Kier molecular flexibility index (Phi) is 4.77. The lowest BCUT2D eigenvalue weighted by atomic mass is 10.2. The van der Waals surface area contributed by atoms with Crippen molar-refractivity contribution in [3.63, 3.8) is 0 Å². The average Bonchev–Trinajstić information content (AvgIpc) is 2.46. The fraction of sp³-hybridized carbons (Fsp3) is 0.200. The molecule has 1 amide bonds. The van der Waals surface area contributed by atoms with Crippen molar-refractivity contribution < 1.29 is 13.2 Å². The number of pyridine rings is 1. The van der Waals surface area contributed by atoms with Crippen molar-refractivity contribution in [1.82, 2.24) is 4.98 Å². The van der Waals surface area contributed by atoms with Gasteiger partial charge in [0.05, 0.1) is 11.9 Å². The topological polar surface area (TPSA) is 79.4 Å². The lowest BCUT2D eigenvalue weighted by Gasteiger charge is -2.23. The van der Waals surface area contributed by atoms with Gasteiger partial charge in [-0.05, 0) is 30.7 Å². The van der Waals surface area contributed by atoms with E-state index >= 15 is 0 Å². The van der Waals surface area contributed by atoms with Gasteiger partial charge in [0.15, 0.2) is 0 Å². The van der Waals surface area contributed by atoms with Crippen LogP contribution in [0.15, 0.2) is 48.7 Å². The first-order chi connectivity index (χ1) is 10.4. The van der Waals surface area contributed by atoms with Gasteiger partial charge in [0, 0.05) is 6.20 Å². The van der Waals surface area contributed by atoms with Crippen LogP contribution in [0, 0.1) is 6.92 Å². The molecule has 0 spiro atoms. The Labute approximate surface area is 129 Å². The number of sulfonamides is 1. The lowest BCUT2D eigenvalue weighted by molar-refractivity contribution is -0.114. The number of anilines is 2. The van der Waals surface area contributed by atoms with Gasteiger partial charge in [-0.1, -0.05) is 24.3 Å². The van der Waals surface area contributed by atoms with Crippen LogP contribution in [0.25, 0.3) is 0 Å². The van der Waals surface area contributed by atoms with E-state index in [9.17, 15) is 13.2 Å². The Morgan fingerprint density at radius 3 is 2.45 bits per heavy atom. The Bertz CT molecular complexity index is 761. The summed E-state index contributed by atoms with van der Waals surface area (Å²) in [5.41, 5.74) is 1.26. The van der Waals surface area contributed by atoms with Crippen molar-refractivity contribution in [3.05, 3.63) is 54.2 Å². The molecule has 0 aliphatic carbocycles. The van der Waals surface area contributed by atoms with Crippen LogP contribution in [0.3, 0.4) is 0 Å². The molecule has 0 fully saturated rings. The predicted octanol–water partition coefficient (Wildman–Crippen LogP) is 1.79. The Hall–Kier alpha value is -2.41. The number of para-hydroxylation sites is 1. The zero-order valence-corrected chi connectivity index (χ0v) is 13.2. The molecule has 6 nitrogen and oxygen atoms in total. The first-order valence-corrected chi connectivity index (χ1v) is 8.47. The van der Waals surface area contributed by atoms with Crippen molar-refractivity contribution in [2.75, 3.05) is 22.4 Å². The fourth-order valence-electron chi connectivity index (χ4n) is 1.97. The van der Waals surface area contributed by atoms with E-state index in [-0.39, 0.29) is 6.54 Å². The molecule has 0 saturated heterocycles. The van der Waals surface area contributed by atoms with Crippen LogP contribution >= 0.6 is 0 Å². The zero-order valence-electron chi connectivity index (χ0n) is 12.4. The van der Waals surface area contributed by atoms with Gasteiger partial charge in [0.2, 0.25) is 15.9 Å². The van der Waals surface area contributed by atoms with Gasteiger partial charge in [-0.25, -0.2) is 13.4 Å². The summed E-state index contributed by atoms with van der Waals surface area (Å²) in [6.07, 6.45) is 2.62. The number of benzene rings is 1. The minimum atomic E-state index is -3.58. The Balaban J connectivity index is 2.22. The molecule has 1 aromatic carbocycles. The second kappa shape index (κ2) is 6.57. The maximum atomic E-state index is 12.1. The third-order valence-electron chi connectivity index (χ3n) is 3.00. The molecule has 2 rings (SSSR count). The predicted molar refractivity (Wildman–Crippen MR) is 86.2 cm³/mol. The molecule has 0 atom stereocenters. The summed E-state index contributed by atoms with van der Waals surface area (Å²) in [7, 11) is -3.58. The molecule has 0 aliphatic rings. The average molecular weight is 319 g/mol. The summed E-state index contributed by atoms with van der Waals surface area (Å²) in [5.74, 6) is -0.0712. The SMILES string of the molecule is Cc1ccccc1N(CC(=O)Nc1ccccn1)S(C)(=O)=O. The van der Waals surface area contributed by atoms with E-state index in [4.69, 9.17) is 0 Å². The molecular formula is C15H17N3O3S. The van der Waals surface area contributed by atoms with Gasteiger partial charge in [0.1, 0.15) is 12.4 Å². The number of nitrogens with one attached hydrogen (secondary N) is 1. The number of amides is 1. The summed E-state index contributed by atoms with van der Waals surface area (Å²) in [5, 5.41) is 2.58. The molecule has 2 aromatic rings. The highest BCUT2D eigenvalue weighted by molar-refractivity contribution is 7.92. The fourth-order valence-corrected chi connectivity index (χ4v) is 2.89. The summed E-state index contributed by atoms with van der Waals surface area (Å²) in [6.45, 7) is 1.49. The smallest absolute Gasteiger partial charge is 0.246 e. The summed E-state index contributed by atoms with van der Waals surface area (Å²) < 4.78 is 25.1. The second-order valence-corrected chi connectivity index (χ2v) is 6.73. The van der Waals surface area contributed by atoms with E-state index in [1.54, 1.807) is 49.5 Å². The molecule has 0 radical (unpaired) electrons. The molecular weight excluding hydrogens is 302 g/mol. The van der Waals surface area contributed by atoms with Gasteiger partial charge in [0.25, 0.3) is 0 Å². The van der Waals surface area contributed by atoms with E-state index in [0.29, 0.717) is 11.5 Å². The van der Waals surface area contributed by atoms with Crippen LogP contribution in [0.5, 0.6) is 0 Å². The van der Waals surface area contributed by atoms with Gasteiger partial charge < -0.3 is 5.32 Å². The van der Waals surface area contributed by atoms with Crippen LogP contribution in [-0.4, -0.2) is 32.1 Å². The second-order valence-electron chi connectivity index (χ2n) is 4.82. The van der Waals surface area contributed by atoms with Crippen molar-refractivity contribution in [3.8, 4) is 0 Å². The highest BCUT2D eigenvalue weighted by Gasteiger charge is 2.22. The third-order valence-corrected chi connectivity index (χ3v) is 4.13. The minimum Gasteiger partial charge on any atom is -0.309 e. The van der Waals surface area contributed by atoms with Gasteiger partial charge in [-0.3, -0.25) is 9.10 Å². The number of nitrogens with zero attached hydrogens (tertiary/aromatic N) is 2. The molecule has 1 heterocycles. The molecule has 7 heteroatoms. The number of hydrogen-bond donors (Lipinski definition) is 1. The quantitative estimate of drug-likeness (QED) is 0.911. The summed E-state index contributed by atoms with van der Waals surface area (Å²) in [6, 6.07) is 12.1. The number of hydrogen-bond acceptors (Lipinski definition) is 4. The van der Waals surface area contributed by atoms with E-state index in [1.165, 1.54) is 0 Å². The molecule has 0 unspecified atom stereocenters. The first-order valence-electron chi connectivity index (χ1n) is 6.62. The number of aryl methyl sites for hydroxylation is 1. The van der Waals surface area contributed by atoms with Gasteiger partial charge in [-0.2, -0.15) is 0 Å². The van der Waals surface area contributed by atoms with Crippen LogP contribution in [0.1, 0.15) is 5.56 Å². The maximum Gasteiger partial charge on any atom is 0.246 e. The monoisotopic (exact) mass is 319 g/mol. The van der Waals surface area contributed by atoms with Gasteiger partial charge in [-0.15, -0.1) is 0 Å². The summed E-state index contributed by atoms with van der Waals surface area (Å²) >= 11 is 0. The standard InChI is InChI=1S/C15H17N3O3S/c1-12-7-3-4-8-13(12)18(22(2,20)21)11-15(19)17-14-9-5-6-10-16-14/h3-10H,11H2,1-2H3,(H,16,17,19). The Morgan fingerprint density at radius 2 is 1.86 bits per heavy atom. The third kappa shape index (κ3) is 4.05. The molecule has 22 heavy (non-hydrogen) atoms. The molecule has 1 aromatic heterocycles. The van der Waals surface area contributed by atoms with E-state index in [1.807, 2.05) is 6.07 Å². The van der Waals surface area contributed by atoms with Crippen LogP contribution in [0.2, 0.25) is 0 Å². The molecule has 1 N–H and O–H groups in total. The Morgan fingerprint density at radius 1 is 1.18 bits per heavy atom. The van der Waals surface area contributed by atoms with Crippen molar-refractivity contribution >= 4 is 27.4 Å². The van der Waals surface area contributed by atoms with E-state index in [0.717, 1.165) is 16.1 Å². The highest BCUT2D eigenvalue weighted by Crippen LogP contribution is 2.21. The van der Waals surface area contributed by atoms with Crippen LogP contribution in [-0.2, 0) is 14.8 Å². The molecule has 0 saturated carbocycles. The zero-order chi connectivity index (χ0) is 16.2. The molecule has 116 valence electrons. The number of carbonyl (C=O) groups excluding carboxylic acids is 1. The van der Waals surface area contributed by atoms with Crippen LogP contribution < -0.4 is 9.62 Å².